The number of pyridine rings is 1. The number of nitrogens with one attached hydrogen (secondary N) is 1. The van der Waals surface area contributed by atoms with Gasteiger partial charge in [-0.05, 0) is 33.5 Å². The second-order valence-corrected chi connectivity index (χ2v) is 7.80. The minimum Gasteiger partial charge on any atom is -0.350 e. The Hall–Kier alpha value is -1.80. The van der Waals surface area contributed by atoms with Crippen LogP contribution >= 0.6 is 27.3 Å². The first-order chi connectivity index (χ1) is 10.9. The van der Waals surface area contributed by atoms with E-state index in [1.54, 1.807) is 12.4 Å². The fourth-order valence-electron chi connectivity index (χ4n) is 2.27. The van der Waals surface area contributed by atoms with Gasteiger partial charge in [0.25, 0.3) is 11.6 Å². The highest BCUT2D eigenvalue weighted by Gasteiger charge is 2.25. The Morgan fingerprint density at radius 1 is 1.52 bits per heavy atom. The molecule has 1 amide bonds. The molecular weight excluding hydrogens is 382 g/mol. The van der Waals surface area contributed by atoms with E-state index in [0.717, 1.165) is 16.9 Å². The lowest BCUT2D eigenvalue weighted by Crippen LogP contribution is -2.30. The summed E-state index contributed by atoms with van der Waals surface area (Å²) in [5.74, 6) is -0.0402. The summed E-state index contributed by atoms with van der Waals surface area (Å²) in [7, 11) is 0. The quantitative estimate of drug-likeness (QED) is 0.589. The predicted molar refractivity (Wildman–Crippen MR) is 92.8 cm³/mol. The number of thiophene rings is 1. The minimum atomic E-state index is -0.544. The largest absolute Gasteiger partial charge is 0.350 e. The number of nitrogens with zero attached hydrogens (tertiary/aromatic N) is 2. The molecule has 122 valence electrons. The maximum Gasteiger partial charge on any atom is 0.294 e. The third-order valence-electron chi connectivity index (χ3n) is 3.49. The van der Waals surface area contributed by atoms with E-state index in [9.17, 15) is 14.9 Å². The van der Waals surface area contributed by atoms with Crippen molar-refractivity contribution < 1.29 is 9.72 Å². The summed E-state index contributed by atoms with van der Waals surface area (Å²) in [6.07, 6.45) is 3.48. The van der Waals surface area contributed by atoms with E-state index >= 15 is 0 Å². The molecular formula is C15H16BrN3O3S. The Balaban J connectivity index is 2.12. The van der Waals surface area contributed by atoms with Crippen molar-refractivity contribution in [3.8, 4) is 0 Å². The predicted octanol–water partition coefficient (Wildman–Crippen LogP) is 3.98. The van der Waals surface area contributed by atoms with Gasteiger partial charge in [0.1, 0.15) is 0 Å². The van der Waals surface area contributed by atoms with E-state index in [2.05, 4.69) is 40.1 Å². The molecule has 8 heteroatoms. The molecule has 0 aliphatic carbocycles. The number of hydrogen-bond acceptors (Lipinski definition) is 5. The topological polar surface area (TPSA) is 85.1 Å². The highest BCUT2D eigenvalue weighted by atomic mass is 79.9. The van der Waals surface area contributed by atoms with Crippen molar-refractivity contribution in [2.45, 2.75) is 19.8 Å². The van der Waals surface area contributed by atoms with Crippen molar-refractivity contribution >= 4 is 38.9 Å². The fraction of sp³-hybridized carbons (Fsp3) is 0.333. The van der Waals surface area contributed by atoms with Crippen LogP contribution in [0.15, 0.2) is 34.4 Å². The number of amides is 1. The second kappa shape index (κ2) is 7.65. The molecule has 0 aliphatic rings. The number of halogens is 1. The average Bonchev–Trinajstić information content (AvgIpc) is 2.90. The summed E-state index contributed by atoms with van der Waals surface area (Å²) in [4.78, 5) is 27.0. The SMILES string of the molecule is CC(C)[C@@H](CNC(=O)c1sc(Br)cc1[N+](=O)[O-])c1cccnc1. The third-order valence-corrected chi connectivity index (χ3v) is 5.11. The van der Waals surface area contributed by atoms with E-state index in [1.165, 1.54) is 6.07 Å². The summed E-state index contributed by atoms with van der Waals surface area (Å²) in [6.45, 7) is 4.52. The van der Waals surface area contributed by atoms with Gasteiger partial charge in [-0.15, -0.1) is 11.3 Å². The van der Waals surface area contributed by atoms with Crippen LogP contribution in [0.5, 0.6) is 0 Å². The smallest absolute Gasteiger partial charge is 0.294 e. The molecule has 1 N–H and O–H groups in total. The number of carbonyl (C=O) groups is 1. The van der Waals surface area contributed by atoms with E-state index in [0.29, 0.717) is 16.2 Å². The van der Waals surface area contributed by atoms with Crippen molar-refractivity contribution in [3.05, 3.63) is 54.9 Å². The molecule has 0 bridgehead atoms. The monoisotopic (exact) mass is 397 g/mol. The van der Waals surface area contributed by atoms with Crippen LogP contribution in [0.25, 0.3) is 0 Å². The summed E-state index contributed by atoms with van der Waals surface area (Å²) in [5, 5.41) is 13.8. The Bertz CT molecular complexity index is 703. The van der Waals surface area contributed by atoms with Crippen molar-refractivity contribution in [1.82, 2.24) is 10.3 Å². The lowest BCUT2D eigenvalue weighted by molar-refractivity contribution is -0.384. The van der Waals surface area contributed by atoms with E-state index in [-0.39, 0.29) is 16.5 Å². The molecule has 0 aliphatic heterocycles. The molecule has 0 saturated heterocycles. The number of carbonyl (C=O) groups excluding carboxylic acids is 1. The molecule has 2 heterocycles. The molecule has 6 nitrogen and oxygen atoms in total. The van der Waals surface area contributed by atoms with Crippen LogP contribution in [0, 0.1) is 16.0 Å². The Morgan fingerprint density at radius 2 is 2.26 bits per heavy atom. The summed E-state index contributed by atoms with van der Waals surface area (Å²) in [5.41, 5.74) is 0.853. The third kappa shape index (κ3) is 4.35. The first kappa shape index (κ1) is 17.6. The zero-order valence-electron chi connectivity index (χ0n) is 12.7. The molecule has 0 radical (unpaired) electrons. The highest BCUT2D eigenvalue weighted by molar-refractivity contribution is 9.11. The van der Waals surface area contributed by atoms with E-state index < -0.39 is 10.8 Å². The fourth-order valence-corrected chi connectivity index (χ4v) is 3.74. The zero-order chi connectivity index (χ0) is 17.0. The Labute approximate surface area is 146 Å². The van der Waals surface area contributed by atoms with Crippen LogP contribution in [0.2, 0.25) is 0 Å². The van der Waals surface area contributed by atoms with Gasteiger partial charge >= 0.3 is 0 Å². The Kier molecular flexibility index (Phi) is 5.84. The normalized spacial score (nSPS) is 12.2. The van der Waals surface area contributed by atoms with Gasteiger partial charge in [-0.2, -0.15) is 0 Å². The first-order valence-corrected chi connectivity index (χ1v) is 8.63. The van der Waals surface area contributed by atoms with Crippen LogP contribution in [0.3, 0.4) is 0 Å². The molecule has 0 spiro atoms. The van der Waals surface area contributed by atoms with Gasteiger partial charge in [-0.3, -0.25) is 19.9 Å². The molecule has 0 saturated carbocycles. The molecule has 0 unspecified atom stereocenters. The van der Waals surface area contributed by atoms with Crippen LogP contribution in [0.4, 0.5) is 5.69 Å². The lowest BCUT2D eigenvalue weighted by atomic mass is 9.89. The average molecular weight is 398 g/mol. The second-order valence-electron chi connectivity index (χ2n) is 5.37. The van der Waals surface area contributed by atoms with Crippen molar-refractivity contribution in [1.29, 1.82) is 0 Å². The van der Waals surface area contributed by atoms with Crippen LogP contribution in [0.1, 0.15) is 35.0 Å². The highest BCUT2D eigenvalue weighted by Crippen LogP contribution is 2.33. The molecule has 2 aromatic rings. The molecule has 23 heavy (non-hydrogen) atoms. The lowest BCUT2D eigenvalue weighted by Gasteiger charge is -2.21. The van der Waals surface area contributed by atoms with Crippen molar-refractivity contribution in [2.24, 2.45) is 5.92 Å². The van der Waals surface area contributed by atoms with Gasteiger partial charge in [0.05, 0.1) is 8.71 Å². The number of rotatable bonds is 6. The van der Waals surface area contributed by atoms with Gasteiger partial charge in [0.2, 0.25) is 0 Å². The van der Waals surface area contributed by atoms with Crippen LogP contribution < -0.4 is 5.32 Å². The molecule has 0 fully saturated rings. The van der Waals surface area contributed by atoms with Gasteiger partial charge in [0, 0.05) is 30.9 Å². The van der Waals surface area contributed by atoms with E-state index in [1.807, 2.05) is 12.1 Å². The number of hydrogen-bond donors (Lipinski definition) is 1. The number of aromatic nitrogens is 1. The molecule has 2 rings (SSSR count). The van der Waals surface area contributed by atoms with Crippen molar-refractivity contribution in [2.75, 3.05) is 6.54 Å². The standard InChI is InChI=1S/C15H16BrN3O3S/c1-9(2)11(10-4-3-5-17-7-10)8-18-15(20)14-12(19(21)22)6-13(16)23-14/h3-7,9,11H,8H2,1-2H3,(H,18,20)/t11-/m1/s1. The minimum absolute atomic E-state index is 0.0927. The molecule has 2 aromatic heterocycles. The van der Waals surface area contributed by atoms with Gasteiger partial charge < -0.3 is 5.32 Å². The maximum atomic E-state index is 12.3. The maximum absolute atomic E-state index is 12.3. The first-order valence-electron chi connectivity index (χ1n) is 7.02. The van der Waals surface area contributed by atoms with Crippen LogP contribution in [-0.4, -0.2) is 22.4 Å². The Morgan fingerprint density at radius 3 is 2.83 bits per heavy atom. The van der Waals surface area contributed by atoms with Gasteiger partial charge in [0.15, 0.2) is 4.88 Å². The molecule has 1 atom stereocenters. The van der Waals surface area contributed by atoms with Gasteiger partial charge in [-0.1, -0.05) is 19.9 Å². The zero-order valence-corrected chi connectivity index (χ0v) is 15.1. The summed E-state index contributed by atoms with van der Waals surface area (Å²) >= 11 is 4.24. The molecule has 0 aromatic carbocycles. The number of nitro groups is 1. The summed E-state index contributed by atoms with van der Waals surface area (Å²) < 4.78 is 0.557. The van der Waals surface area contributed by atoms with Crippen molar-refractivity contribution in [3.63, 3.8) is 0 Å². The van der Waals surface area contributed by atoms with Crippen LogP contribution in [-0.2, 0) is 0 Å². The van der Waals surface area contributed by atoms with Gasteiger partial charge in [-0.25, -0.2) is 0 Å². The summed E-state index contributed by atoms with van der Waals surface area (Å²) in [6, 6.07) is 5.17. The van der Waals surface area contributed by atoms with E-state index in [4.69, 9.17) is 0 Å².